The summed E-state index contributed by atoms with van der Waals surface area (Å²) in [6.07, 6.45) is 0. The van der Waals surface area contributed by atoms with Crippen LogP contribution in [0.2, 0.25) is 0 Å². The summed E-state index contributed by atoms with van der Waals surface area (Å²) in [6, 6.07) is 3.81. The number of hydrogen-bond donors (Lipinski definition) is 1. The summed E-state index contributed by atoms with van der Waals surface area (Å²) >= 11 is 1.33. The quantitative estimate of drug-likeness (QED) is 0.891. The van der Waals surface area contributed by atoms with Gasteiger partial charge in [0.1, 0.15) is 5.82 Å². The Labute approximate surface area is 102 Å². The number of aryl methyl sites for hydroxylation is 2. The van der Waals surface area contributed by atoms with Crippen LogP contribution in [0, 0.1) is 19.7 Å². The smallest absolute Gasteiger partial charge is 0.335 e. The van der Waals surface area contributed by atoms with Gasteiger partial charge in [-0.05, 0) is 49.1 Å². The molecular formula is C12H10FNO2S. The van der Waals surface area contributed by atoms with Gasteiger partial charge < -0.3 is 5.11 Å². The molecule has 0 fully saturated rings. The van der Waals surface area contributed by atoms with Crippen LogP contribution in [-0.4, -0.2) is 15.4 Å². The molecule has 0 aliphatic rings. The number of carbonyl (C=O) groups is 1. The molecule has 17 heavy (non-hydrogen) atoms. The lowest BCUT2D eigenvalue weighted by Crippen LogP contribution is -1.98. The van der Waals surface area contributed by atoms with Crippen molar-refractivity contribution in [1.82, 2.24) is 4.37 Å². The van der Waals surface area contributed by atoms with Crippen molar-refractivity contribution >= 4 is 17.5 Å². The Kier molecular flexibility index (Phi) is 2.93. The molecule has 1 aromatic heterocycles. The van der Waals surface area contributed by atoms with Crippen molar-refractivity contribution in [3.8, 4) is 11.1 Å². The van der Waals surface area contributed by atoms with Gasteiger partial charge in [-0.2, -0.15) is 4.37 Å². The van der Waals surface area contributed by atoms with E-state index < -0.39 is 11.8 Å². The topological polar surface area (TPSA) is 50.2 Å². The van der Waals surface area contributed by atoms with Gasteiger partial charge in [-0.15, -0.1) is 0 Å². The summed E-state index contributed by atoms with van der Waals surface area (Å²) in [4.78, 5) is 11.8. The number of rotatable bonds is 2. The van der Waals surface area contributed by atoms with Crippen molar-refractivity contribution in [2.45, 2.75) is 13.8 Å². The highest BCUT2D eigenvalue weighted by atomic mass is 32.1. The molecule has 2 aromatic rings. The molecule has 2 rings (SSSR count). The average Bonchev–Trinajstić information content (AvgIpc) is 2.57. The standard InChI is InChI=1S/C12H10FNO2S/c1-6-11(7(2)17-14-6)8-3-9(12(15)16)5-10(13)4-8/h3-5H,1-2H3,(H,15,16). The number of carboxylic acid groups (broad SMARTS) is 1. The van der Waals surface area contributed by atoms with E-state index in [0.717, 1.165) is 22.2 Å². The van der Waals surface area contributed by atoms with Crippen LogP contribution in [0.15, 0.2) is 18.2 Å². The van der Waals surface area contributed by atoms with E-state index in [0.29, 0.717) is 5.56 Å². The molecule has 0 bridgehead atoms. The van der Waals surface area contributed by atoms with Crippen molar-refractivity contribution in [3.05, 3.63) is 40.2 Å². The number of benzene rings is 1. The van der Waals surface area contributed by atoms with E-state index >= 15 is 0 Å². The number of hydrogen-bond acceptors (Lipinski definition) is 3. The first kappa shape index (κ1) is 11.7. The zero-order valence-electron chi connectivity index (χ0n) is 9.32. The van der Waals surface area contributed by atoms with Gasteiger partial charge in [-0.1, -0.05) is 0 Å². The predicted octanol–water partition coefficient (Wildman–Crippen LogP) is 3.26. The number of halogens is 1. The maximum Gasteiger partial charge on any atom is 0.335 e. The highest BCUT2D eigenvalue weighted by Crippen LogP contribution is 2.30. The number of aromatic nitrogens is 1. The summed E-state index contributed by atoms with van der Waals surface area (Å²) in [5.74, 6) is -1.69. The van der Waals surface area contributed by atoms with E-state index in [1.807, 2.05) is 13.8 Å². The minimum Gasteiger partial charge on any atom is -0.478 e. The van der Waals surface area contributed by atoms with Crippen LogP contribution >= 0.6 is 11.5 Å². The van der Waals surface area contributed by atoms with Crippen molar-refractivity contribution in [1.29, 1.82) is 0 Å². The Bertz CT molecular complexity index is 573. The average molecular weight is 251 g/mol. The lowest BCUT2D eigenvalue weighted by atomic mass is 10.0. The van der Waals surface area contributed by atoms with Gasteiger partial charge in [0.15, 0.2) is 0 Å². The van der Waals surface area contributed by atoms with Crippen LogP contribution in [0.25, 0.3) is 11.1 Å². The minimum absolute atomic E-state index is 0.0509. The molecule has 0 saturated heterocycles. The molecule has 0 amide bonds. The van der Waals surface area contributed by atoms with Crippen LogP contribution in [0.5, 0.6) is 0 Å². The third-order valence-corrected chi connectivity index (χ3v) is 3.31. The lowest BCUT2D eigenvalue weighted by Gasteiger charge is -2.04. The Morgan fingerprint density at radius 1 is 1.35 bits per heavy atom. The summed E-state index contributed by atoms with van der Waals surface area (Å²) < 4.78 is 17.5. The SMILES string of the molecule is Cc1nsc(C)c1-c1cc(F)cc(C(=O)O)c1. The fraction of sp³-hybridized carbons (Fsp3) is 0.167. The zero-order chi connectivity index (χ0) is 12.6. The number of aromatic carboxylic acids is 1. The van der Waals surface area contributed by atoms with E-state index in [1.165, 1.54) is 23.7 Å². The van der Waals surface area contributed by atoms with Crippen LogP contribution in [0.4, 0.5) is 4.39 Å². The van der Waals surface area contributed by atoms with Gasteiger partial charge in [-0.25, -0.2) is 9.18 Å². The Morgan fingerprint density at radius 2 is 2.06 bits per heavy atom. The molecule has 0 unspecified atom stereocenters. The maximum atomic E-state index is 13.4. The molecule has 0 saturated carbocycles. The molecule has 1 heterocycles. The Morgan fingerprint density at radius 3 is 2.59 bits per heavy atom. The Hall–Kier alpha value is -1.75. The first-order valence-corrected chi connectivity index (χ1v) is 5.73. The molecule has 0 aliphatic heterocycles. The fourth-order valence-electron chi connectivity index (χ4n) is 1.75. The zero-order valence-corrected chi connectivity index (χ0v) is 10.1. The first-order valence-electron chi connectivity index (χ1n) is 4.96. The highest BCUT2D eigenvalue weighted by Gasteiger charge is 2.13. The monoisotopic (exact) mass is 251 g/mol. The number of nitrogens with zero attached hydrogens (tertiary/aromatic N) is 1. The molecule has 0 atom stereocenters. The van der Waals surface area contributed by atoms with Crippen LogP contribution in [0.3, 0.4) is 0 Å². The van der Waals surface area contributed by atoms with Crippen LogP contribution < -0.4 is 0 Å². The van der Waals surface area contributed by atoms with E-state index in [9.17, 15) is 9.18 Å². The first-order chi connectivity index (χ1) is 7.99. The van der Waals surface area contributed by atoms with Crippen molar-refractivity contribution < 1.29 is 14.3 Å². The highest BCUT2D eigenvalue weighted by molar-refractivity contribution is 7.06. The van der Waals surface area contributed by atoms with Gasteiger partial charge in [-0.3, -0.25) is 0 Å². The number of carboxylic acids is 1. The van der Waals surface area contributed by atoms with Gasteiger partial charge in [0.05, 0.1) is 11.3 Å². The Balaban J connectivity index is 2.64. The van der Waals surface area contributed by atoms with Crippen molar-refractivity contribution in [2.75, 3.05) is 0 Å². The van der Waals surface area contributed by atoms with Crippen LogP contribution in [0.1, 0.15) is 20.9 Å². The van der Waals surface area contributed by atoms with Gasteiger partial charge in [0.2, 0.25) is 0 Å². The molecule has 5 heteroatoms. The minimum atomic E-state index is -1.13. The molecule has 1 N–H and O–H groups in total. The summed E-state index contributed by atoms with van der Waals surface area (Å²) in [5.41, 5.74) is 2.11. The second kappa shape index (κ2) is 4.25. The third-order valence-electron chi connectivity index (χ3n) is 2.47. The second-order valence-electron chi connectivity index (χ2n) is 3.73. The van der Waals surface area contributed by atoms with Crippen LogP contribution in [-0.2, 0) is 0 Å². The van der Waals surface area contributed by atoms with Crippen molar-refractivity contribution in [3.63, 3.8) is 0 Å². The normalized spacial score (nSPS) is 10.5. The molecule has 0 radical (unpaired) electrons. The molecular weight excluding hydrogens is 241 g/mol. The predicted molar refractivity (Wildman–Crippen MR) is 63.9 cm³/mol. The van der Waals surface area contributed by atoms with Gasteiger partial charge in [0.25, 0.3) is 0 Å². The van der Waals surface area contributed by atoms with E-state index in [-0.39, 0.29) is 5.56 Å². The molecule has 3 nitrogen and oxygen atoms in total. The lowest BCUT2D eigenvalue weighted by molar-refractivity contribution is 0.0696. The summed E-state index contributed by atoms with van der Waals surface area (Å²) in [6.45, 7) is 3.70. The summed E-state index contributed by atoms with van der Waals surface area (Å²) in [7, 11) is 0. The van der Waals surface area contributed by atoms with Crippen molar-refractivity contribution in [2.24, 2.45) is 0 Å². The van der Waals surface area contributed by atoms with E-state index in [4.69, 9.17) is 5.11 Å². The largest absolute Gasteiger partial charge is 0.478 e. The molecule has 1 aromatic carbocycles. The van der Waals surface area contributed by atoms with E-state index in [2.05, 4.69) is 4.37 Å². The molecule has 0 aliphatic carbocycles. The maximum absolute atomic E-state index is 13.4. The summed E-state index contributed by atoms with van der Waals surface area (Å²) in [5, 5.41) is 8.89. The van der Waals surface area contributed by atoms with Gasteiger partial charge >= 0.3 is 5.97 Å². The molecule has 0 spiro atoms. The van der Waals surface area contributed by atoms with E-state index in [1.54, 1.807) is 0 Å². The molecule has 88 valence electrons. The second-order valence-corrected chi connectivity index (χ2v) is 4.71. The third kappa shape index (κ3) is 2.19. The fourth-order valence-corrected chi connectivity index (χ4v) is 2.47. The van der Waals surface area contributed by atoms with Gasteiger partial charge in [0, 0.05) is 10.4 Å².